The van der Waals surface area contributed by atoms with Crippen LogP contribution in [0, 0.1) is 6.92 Å². The van der Waals surface area contributed by atoms with Crippen LogP contribution in [0.2, 0.25) is 10.0 Å². The summed E-state index contributed by atoms with van der Waals surface area (Å²) in [5, 5.41) is 3.30. The zero-order valence-electron chi connectivity index (χ0n) is 19.1. The first-order chi connectivity index (χ1) is 16.8. The van der Waals surface area contributed by atoms with Gasteiger partial charge >= 0.3 is 6.03 Å². The lowest BCUT2D eigenvalue weighted by atomic mass is 10.0. The molecule has 1 saturated heterocycles. The first-order valence-electron chi connectivity index (χ1n) is 11.0. The van der Waals surface area contributed by atoms with Crippen LogP contribution in [-0.4, -0.2) is 24.5 Å². The molecule has 4 rings (SSSR count). The molecule has 0 unspecified atom stereocenters. The minimum atomic E-state index is -0.826. The number of anilines is 1. The first-order valence-corrected chi connectivity index (χ1v) is 11.7. The van der Waals surface area contributed by atoms with E-state index < -0.39 is 17.8 Å². The number of halogens is 2. The number of imide groups is 2. The molecule has 1 heterocycles. The number of benzene rings is 3. The van der Waals surface area contributed by atoms with Crippen molar-refractivity contribution < 1.29 is 19.1 Å². The Kier molecular flexibility index (Phi) is 7.24. The molecule has 0 atom stereocenters. The van der Waals surface area contributed by atoms with Crippen LogP contribution in [0.5, 0.6) is 5.75 Å². The lowest BCUT2D eigenvalue weighted by Gasteiger charge is -2.27. The molecule has 1 aliphatic rings. The number of hydrogen-bond acceptors (Lipinski definition) is 4. The number of carbonyl (C=O) groups excluding carboxylic acids is 3. The van der Waals surface area contributed by atoms with E-state index in [1.165, 1.54) is 6.08 Å². The molecule has 178 valence electrons. The first kappa shape index (κ1) is 24.5. The molecule has 3 aromatic rings. The second kappa shape index (κ2) is 10.3. The molecule has 6 nitrogen and oxygen atoms in total. The standard InChI is InChI=1S/C27H22Cl2N2O4/c1-3-35-24-14-17(11-12-19(24)15-18-7-4-5-8-22(18)29)13-20-25(32)30-27(34)31(26(20)33)23-10-6-9-21(28)16(23)2/h4-14H,3,15H2,1-2H3,(H,30,32,34)/b20-13+. The van der Waals surface area contributed by atoms with Crippen LogP contribution in [0.25, 0.3) is 6.08 Å². The van der Waals surface area contributed by atoms with E-state index in [1.54, 1.807) is 37.3 Å². The number of nitrogens with one attached hydrogen (secondary N) is 1. The summed E-state index contributed by atoms with van der Waals surface area (Å²) in [5.74, 6) is -0.889. The number of amides is 4. The second-order valence-corrected chi connectivity index (χ2v) is 8.72. The number of urea groups is 1. The highest BCUT2D eigenvalue weighted by molar-refractivity contribution is 6.40. The Labute approximate surface area is 213 Å². The van der Waals surface area contributed by atoms with Gasteiger partial charge in [-0.1, -0.05) is 59.6 Å². The third-order valence-electron chi connectivity index (χ3n) is 5.62. The van der Waals surface area contributed by atoms with Crippen LogP contribution >= 0.6 is 23.2 Å². The van der Waals surface area contributed by atoms with Crippen LogP contribution in [0.15, 0.2) is 66.2 Å². The minimum absolute atomic E-state index is 0.176. The van der Waals surface area contributed by atoms with Crippen molar-refractivity contribution in [1.29, 1.82) is 0 Å². The number of carbonyl (C=O) groups is 3. The number of ether oxygens (including phenoxy) is 1. The molecule has 0 saturated carbocycles. The second-order valence-electron chi connectivity index (χ2n) is 7.91. The van der Waals surface area contributed by atoms with E-state index >= 15 is 0 Å². The maximum absolute atomic E-state index is 13.3. The average molecular weight is 509 g/mol. The molecular weight excluding hydrogens is 487 g/mol. The number of barbiturate groups is 1. The third kappa shape index (κ3) is 5.09. The van der Waals surface area contributed by atoms with Gasteiger partial charge < -0.3 is 4.74 Å². The topological polar surface area (TPSA) is 75.7 Å². The molecular formula is C27H22Cl2N2O4. The largest absolute Gasteiger partial charge is 0.494 e. The van der Waals surface area contributed by atoms with Gasteiger partial charge in [-0.05, 0) is 66.4 Å². The maximum atomic E-state index is 13.3. The van der Waals surface area contributed by atoms with Crippen LogP contribution in [-0.2, 0) is 16.0 Å². The number of rotatable bonds is 6. The summed E-state index contributed by atoms with van der Waals surface area (Å²) in [6.45, 7) is 4.01. The van der Waals surface area contributed by atoms with Crippen molar-refractivity contribution in [2.24, 2.45) is 0 Å². The Morgan fingerprint density at radius 3 is 2.43 bits per heavy atom. The van der Waals surface area contributed by atoms with Gasteiger partial charge in [-0.3, -0.25) is 14.9 Å². The molecule has 0 spiro atoms. The van der Waals surface area contributed by atoms with E-state index in [4.69, 9.17) is 27.9 Å². The van der Waals surface area contributed by atoms with Crippen molar-refractivity contribution in [3.05, 3.63) is 98.5 Å². The van der Waals surface area contributed by atoms with E-state index in [-0.39, 0.29) is 5.57 Å². The predicted octanol–water partition coefficient (Wildman–Crippen LogP) is 5.96. The Bertz CT molecular complexity index is 1370. The Morgan fingerprint density at radius 1 is 0.943 bits per heavy atom. The number of nitrogens with zero attached hydrogens (tertiary/aromatic N) is 1. The molecule has 0 aromatic heterocycles. The molecule has 4 amide bonds. The summed E-state index contributed by atoms with van der Waals surface area (Å²) < 4.78 is 5.83. The summed E-state index contributed by atoms with van der Waals surface area (Å²) in [6.07, 6.45) is 2.00. The fourth-order valence-electron chi connectivity index (χ4n) is 3.83. The maximum Gasteiger partial charge on any atom is 0.335 e. The predicted molar refractivity (Wildman–Crippen MR) is 137 cm³/mol. The lowest BCUT2D eigenvalue weighted by Crippen LogP contribution is -2.54. The van der Waals surface area contributed by atoms with Gasteiger partial charge in [0.15, 0.2) is 0 Å². The Balaban J connectivity index is 1.70. The molecule has 3 aromatic carbocycles. The van der Waals surface area contributed by atoms with Gasteiger partial charge in [0.2, 0.25) is 0 Å². The van der Waals surface area contributed by atoms with Crippen molar-refractivity contribution in [2.75, 3.05) is 11.5 Å². The van der Waals surface area contributed by atoms with Gasteiger partial charge in [-0.15, -0.1) is 0 Å². The normalized spacial score (nSPS) is 14.9. The van der Waals surface area contributed by atoms with Crippen molar-refractivity contribution in [3.63, 3.8) is 0 Å². The van der Waals surface area contributed by atoms with Crippen LogP contribution in [0.1, 0.15) is 29.2 Å². The molecule has 0 aliphatic carbocycles. The molecule has 8 heteroatoms. The summed E-state index contributed by atoms with van der Waals surface area (Å²) in [6, 6.07) is 17.1. The lowest BCUT2D eigenvalue weighted by molar-refractivity contribution is -0.122. The fraction of sp³-hybridized carbons (Fsp3) is 0.148. The van der Waals surface area contributed by atoms with Crippen molar-refractivity contribution in [1.82, 2.24) is 5.32 Å². The fourth-order valence-corrected chi connectivity index (χ4v) is 4.20. The highest BCUT2D eigenvalue weighted by Gasteiger charge is 2.37. The zero-order chi connectivity index (χ0) is 25.1. The summed E-state index contributed by atoms with van der Waals surface area (Å²) in [5.41, 5.74) is 3.12. The van der Waals surface area contributed by atoms with Crippen molar-refractivity contribution in [2.45, 2.75) is 20.3 Å². The van der Waals surface area contributed by atoms with Crippen molar-refractivity contribution >= 4 is 52.8 Å². The quantitative estimate of drug-likeness (QED) is 0.329. The van der Waals surface area contributed by atoms with Gasteiger partial charge in [0, 0.05) is 16.5 Å². The summed E-state index contributed by atoms with van der Waals surface area (Å²) >= 11 is 12.5. The summed E-state index contributed by atoms with van der Waals surface area (Å²) in [7, 11) is 0. The monoisotopic (exact) mass is 508 g/mol. The van der Waals surface area contributed by atoms with E-state index in [1.807, 2.05) is 37.3 Å². The van der Waals surface area contributed by atoms with Gasteiger partial charge in [0.05, 0.1) is 12.3 Å². The van der Waals surface area contributed by atoms with E-state index in [0.29, 0.717) is 45.6 Å². The molecule has 35 heavy (non-hydrogen) atoms. The minimum Gasteiger partial charge on any atom is -0.494 e. The van der Waals surface area contributed by atoms with Crippen molar-refractivity contribution in [3.8, 4) is 5.75 Å². The SMILES string of the molecule is CCOc1cc(/C=C2\C(=O)NC(=O)N(c3cccc(Cl)c3C)C2=O)ccc1Cc1ccccc1Cl. The van der Waals surface area contributed by atoms with Crippen LogP contribution in [0.3, 0.4) is 0 Å². The Morgan fingerprint density at radius 2 is 1.69 bits per heavy atom. The van der Waals surface area contributed by atoms with Gasteiger partial charge in [0.25, 0.3) is 11.8 Å². The highest BCUT2D eigenvalue weighted by Crippen LogP contribution is 2.31. The highest BCUT2D eigenvalue weighted by atomic mass is 35.5. The summed E-state index contributed by atoms with van der Waals surface area (Å²) in [4.78, 5) is 39.3. The van der Waals surface area contributed by atoms with Gasteiger partial charge in [-0.2, -0.15) is 0 Å². The zero-order valence-corrected chi connectivity index (χ0v) is 20.6. The molecule has 1 fully saturated rings. The van der Waals surface area contributed by atoms with E-state index in [9.17, 15) is 14.4 Å². The van der Waals surface area contributed by atoms with Gasteiger partial charge in [-0.25, -0.2) is 9.69 Å². The third-order valence-corrected chi connectivity index (χ3v) is 6.40. The molecule has 1 N–H and O–H groups in total. The Hall–Kier alpha value is -3.61. The number of hydrogen-bond donors (Lipinski definition) is 1. The molecule has 0 radical (unpaired) electrons. The van der Waals surface area contributed by atoms with Crippen LogP contribution < -0.4 is 15.0 Å². The van der Waals surface area contributed by atoms with Crippen LogP contribution in [0.4, 0.5) is 10.5 Å². The molecule has 0 bridgehead atoms. The average Bonchev–Trinajstić information content (AvgIpc) is 2.82. The molecule has 1 aliphatic heterocycles. The van der Waals surface area contributed by atoms with E-state index in [2.05, 4.69) is 5.32 Å². The van der Waals surface area contributed by atoms with E-state index in [0.717, 1.165) is 16.0 Å². The smallest absolute Gasteiger partial charge is 0.335 e. The van der Waals surface area contributed by atoms with Gasteiger partial charge in [0.1, 0.15) is 11.3 Å².